The van der Waals surface area contributed by atoms with Crippen molar-refractivity contribution >= 4 is 29.2 Å². The van der Waals surface area contributed by atoms with Crippen molar-refractivity contribution in [2.45, 2.75) is 6.42 Å². The van der Waals surface area contributed by atoms with Gasteiger partial charge in [0.25, 0.3) is 0 Å². The van der Waals surface area contributed by atoms with Crippen LogP contribution in [0.15, 0.2) is 57.7 Å². The monoisotopic (exact) mass is 344 g/mol. The van der Waals surface area contributed by atoms with Gasteiger partial charge in [0.2, 0.25) is 0 Å². The maximum Gasteiger partial charge on any atom is 0.124 e. The molecule has 0 unspecified atom stereocenters. The molecule has 0 saturated carbocycles. The van der Waals surface area contributed by atoms with E-state index >= 15 is 0 Å². The first kappa shape index (κ1) is 18.1. The fraction of sp³-hybridized carbons (Fsp3) is 0.278. The van der Waals surface area contributed by atoms with Crippen LogP contribution in [0.4, 0.5) is 11.4 Å². The molecule has 126 valence electrons. The van der Waals surface area contributed by atoms with Gasteiger partial charge in [-0.2, -0.15) is 10.2 Å². The van der Waals surface area contributed by atoms with Crippen LogP contribution in [0.1, 0.15) is 12.0 Å². The SMILES string of the molecule is CN(C)CCCN=Cc1cc(N=Nc2ccc(Cl)cc2)ccc1O. The van der Waals surface area contributed by atoms with Gasteiger partial charge in [0.05, 0.1) is 11.4 Å². The highest BCUT2D eigenvalue weighted by Gasteiger charge is 2.00. The van der Waals surface area contributed by atoms with Crippen LogP contribution < -0.4 is 0 Å². The second-order valence-electron chi connectivity index (χ2n) is 5.61. The second-order valence-corrected chi connectivity index (χ2v) is 6.05. The van der Waals surface area contributed by atoms with E-state index in [1.54, 1.807) is 48.7 Å². The first-order valence-corrected chi connectivity index (χ1v) is 8.07. The molecular formula is C18H21ClN4O. The summed E-state index contributed by atoms with van der Waals surface area (Å²) < 4.78 is 0. The fourth-order valence-electron chi connectivity index (χ4n) is 1.97. The number of halogens is 1. The van der Waals surface area contributed by atoms with Crippen LogP contribution in [0, 0.1) is 0 Å². The molecule has 0 bridgehead atoms. The highest BCUT2D eigenvalue weighted by atomic mass is 35.5. The van der Waals surface area contributed by atoms with Crippen molar-refractivity contribution in [1.29, 1.82) is 0 Å². The molecule has 2 aromatic rings. The molecule has 1 N–H and O–H groups in total. The van der Waals surface area contributed by atoms with Crippen LogP contribution in [0.25, 0.3) is 0 Å². The largest absolute Gasteiger partial charge is 0.507 e. The molecule has 6 heteroatoms. The van der Waals surface area contributed by atoms with E-state index in [1.165, 1.54) is 0 Å². The van der Waals surface area contributed by atoms with Crippen molar-refractivity contribution in [2.75, 3.05) is 27.2 Å². The van der Waals surface area contributed by atoms with Crippen LogP contribution in [-0.4, -0.2) is 43.4 Å². The average molecular weight is 345 g/mol. The molecule has 5 nitrogen and oxygen atoms in total. The first-order chi connectivity index (χ1) is 11.5. The van der Waals surface area contributed by atoms with E-state index in [-0.39, 0.29) is 5.75 Å². The molecule has 0 radical (unpaired) electrons. The summed E-state index contributed by atoms with van der Waals surface area (Å²) >= 11 is 5.84. The van der Waals surface area contributed by atoms with Crippen LogP contribution in [0.3, 0.4) is 0 Å². The second kappa shape index (κ2) is 9.15. The molecule has 0 saturated heterocycles. The minimum atomic E-state index is 0.178. The lowest BCUT2D eigenvalue weighted by atomic mass is 10.2. The number of azo groups is 1. The predicted molar refractivity (Wildman–Crippen MR) is 99.4 cm³/mol. The lowest BCUT2D eigenvalue weighted by molar-refractivity contribution is 0.403. The van der Waals surface area contributed by atoms with Gasteiger partial charge in [-0.15, -0.1) is 0 Å². The summed E-state index contributed by atoms with van der Waals surface area (Å²) in [5, 5.41) is 18.9. The molecule has 0 aliphatic heterocycles. The quantitative estimate of drug-likeness (QED) is 0.444. The van der Waals surface area contributed by atoms with Gasteiger partial charge < -0.3 is 10.0 Å². The number of benzene rings is 2. The molecule has 2 aromatic carbocycles. The number of aliphatic imine (C=N–C) groups is 1. The standard InChI is InChI=1S/C18H21ClN4O/c1-23(2)11-3-10-20-13-14-12-17(8-9-18(14)24)22-21-16-6-4-15(19)5-7-16/h4-9,12-13,24H,3,10-11H2,1-2H3. The van der Waals surface area contributed by atoms with Crippen molar-refractivity contribution in [1.82, 2.24) is 4.90 Å². The summed E-state index contributed by atoms with van der Waals surface area (Å²) in [6, 6.07) is 12.2. The Bertz CT molecular complexity index is 711. The zero-order valence-corrected chi connectivity index (χ0v) is 14.6. The Hall–Kier alpha value is -2.24. The highest BCUT2D eigenvalue weighted by molar-refractivity contribution is 6.30. The van der Waals surface area contributed by atoms with Gasteiger partial charge >= 0.3 is 0 Å². The zero-order valence-electron chi connectivity index (χ0n) is 13.9. The Morgan fingerprint density at radius 3 is 2.42 bits per heavy atom. The molecule has 0 atom stereocenters. The summed E-state index contributed by atoms with van der Waals surface area (Å²) in [5.74, 6) is 0.178. The number of nitrogens with zero attached hydrogens (tertiary/aromatic N) is 4. The van der Waals surface area contributed by atoms with E-state index in [2.05, 4.69) is 20.1 Å². The number of rotatable bonds is 7. The van der Waals surface area contributed by atoms with E-state index in [0.29, 0.717) is 28.5 Å². The van der Waals surface area contributed by atoms with Gasteiger partial charge in [-0.1, -0.05) is 11.6 Å². The van der Waals surface area contributed by atoms with Crippen LogP contribution in [-0.2, 0) is 0 Å². The van der Waals surface area contributed by atoms with Crippen LogP contribution in [0.2, 0.25) is 5.02 Å². The Kier molecular flexibility index (Phi) is 6.90. The number of hydrogen-bond acceptors (Lipinski definition) is 5. The summed E-state index contributed by atoms with van der Waals surface area (Å²) in [4.78, 5) is 6.46. The van der Waals surface area contributed by atoms with Crippen molar-refractivity contribution in [3.8, 4) is 5.75 Å². The van der Waals surface area contributed by atoms with Crippen molar-refractivity contribution in [3.05, 3.63) is 53.1 Å². The van der Waals surface area contributed by atoms with Crippen LogP contribution >= 0.6 is 11.6 Å². The third-order valence-electron chi connectivity index (χ3n) is 3.24. The van der Waals surface area contributed by atoms with Crippen molar-refractivity contribution in [3.63, 3.8) is 0 Å². The van der Waals surface area contributed by atoms with Crippen molar-refractivity contribution < 1.29 is 5.11 Å². The molecule has 0 aromatic heterocycles. The fourth-order valence-corrected chi connectivity index (χ4v) is 2.10. The van der Waals surface area contributed by atoms with Gasteiger partial charge in [0.15, 0.2) is 0 Å². The maximum atomic E-state index is 9.91. The Balaban J connectivity index is 2.02. The van der Waals surface area contributed by atoms with Gasteiger partial charge in [-0.05, 0) is 69.5 Å². The minimum Gasteiger partial charge on any atom is -0.507 e. The lowest BCUT2D eigenvalue weighted by Crippen LogP contribution is -2.13. The predicted octanol–water partition coefficient (Wildman–Crippen LogP) is 4.83. The molecule has 0 amide bonds. The summed E-state index contributed by atoms with van der Waals surface area (Å²) in [7, 11) is 4.06. The Morgan fingerprint density at radius 1 is 1.04 bits per heavy atom. The summed E-state index contributed by atoms with van der Waals surface area (Å²) in [6.07, 6.45) is 2.65. The molecule has 0 heterocycles. The molecule has 2 rings (SSSR count). The Labute approximate surface area is 147 Å². The van der Waals surface area contributed by atoms with E-state index < -0.39 is 0 Å². The third kappa shape index (κ3) is 6.10. The smallest absolute Gasteiger partial charge is 0.124 e. The van der Waals surface area contributed by atoms with Gasteiger partial charge in [0, 0.05) is 23.3 Å². The van der Waals surface area contributed by atoms with Gasteiger partial charge in [0.1, 0.15) is 5.75 Å². The number of aromatic hydroxyl groups is 1. The molecule has 0 spiro atoms. The zero-order chi connectivity index (χ0) is 17.4. The van der Waals surface area contributed by atoms with E-state index in [9.17, 15) is 5.11 Å². The molecule has 0 aliphatic carbocycles. The van der Waals surface area contributed by atoms with E-state index in [4.69, 9.17) is 11.6 Å². The molecule has 0 fully saturated rings. The Morgan fingerprint density at radius 2 is 1.71 bits per heavy atom. The van der Waals surface area contributed by atoms with Gasteiger partial charge in [-0.25, -0.2) is 0 Å². The topological polar surface area (TPSA) is 60.5 Å². The van der Waals surface area contributed by atoms with E-state index in [1.807, 2.05) is 14.1 Å². The maximum absolute atomic E-state index is 9.91. The first-order valence-electron chi connectivity index (χ1n) is 7.69. The van der Waals surface area contributed by atoms with E-state index in [0.717, 1.165) is 13.0 Å². The molecule has 24 heavy (non-hydrogen) atoms. The number of phenolic OH excluding ortho intramolecular Hbond substituents is 1. The third-order valence-corrected chi connectivity index (χ3v) is 3.49. The lowest BCUT2D eigenvalue weighted by Gasteiger charge is -2.06. The summed E-state index contributed by atoms with van der Waals surface area (Å²) in [5.41, 5.74) is 2.00. The van der Waals surface area contributed by atoms with Gasteiger partial charge in [-0.3, -0.25) is 4.99 Å². The highest BCUT2D eigenvalue weighted by Crippen LogP contribution is 2.24. The summed E-state index contributed by atoms with van der Waals surface area (Å²) in [6.45, 7) is 1.70. The number of phenols is 1. The average Bonchev–Trinajstić information content (AvgIpc) is 2.56. The van der Waals surface area contributed by atoms with Crippen molar-refractivity contribution in [2.24, 2.45) is 15.2 Å². The molecule has 0 aliphatic rings. The minimum absolute atomic E-state index is 0.178. The number of hydrogen-bond donors (Lipinski definition) is 1. The van der Waals surface area contributed by atoms with Crippen LogP contribution in [0.5, 0.6) is 5.75 Å². The normalized spacial score (nSPS) is 11.8. The molecular weight excluding hydrogens is 324 g/mol.